The van der Waals surface area contributed by atoms with Crippen LogP contribution in [0.15, 0.2) is 58.8 Å². The van der Waals surface area contributed by atoms with E-state index in [2.05, 4.69) is 4.98 Å². The predicted molar refractivity (Wildman–Crippen MR) is 144 cm³/mol. The van der Waals surface area contributed by atoms with Gasteiger partial charge in [0.25, 0.3) is 0 Å². The number of ketones is 1. The van der Waals surface area contributed by atoms with Crippen molar-refractivity contribution in [2.45, 2.75) is 38.6 Å². The average Bonchev–Trinajstić information content (AvgIpc) is 3.30. The molecule has 5 rings (SSSR count). The van der Waals surface area contributed by atoms with E-state index >= 15 is 0 Å². The Morgan fingerprint density at radius 1 is 1.10 bits per heavy atom. The van der Waals surface area contributed by atoms with Crippen molar-refractivity contribution in [3.8, 4) is 11.5 Å². The van der Waals surface area contributed by atoms with Gasteiger partial charge < -0.3 is 29.9 Å². The van der Waals surface area contributed by atoms with Crippen molar-refractivity contribution in [3.05, 3.63) is 80.7 Å². The number of carbonyl (C=O) groups excluding carboxylic acids is 1. The molecule has 0 bridgehead atoms. The number of aromatic amines is 1. The van der Waals surface area contributed by atoms with Gasteiger partial charge in [-0.2, -0.15) is 0 Å². The third-order valence-corrected chi connectivity index (χ3v) is 7.92. The van der Waals surface area contributed by atoms with Gasteiger partial charge in [0.1, 0.15) is 11.5 Å². The maximum Gasteiger partial charge on any atom is 0.340 e. The Morgan fingerprint density at radius 2 is 1.85 bits per heavy atom. The van der Waals surface area contributed by atoms with E-state index in [-0.39, 0.29) is 52.6 Å². The molecule has 3 heterocycles. The van der Waals surface area contributed by atoms with Crippen molar-refractivity contribution in [2.24, 2.45) is 0 Å². The summed E-state index contributed by atoms with van der Waals surface area (Å²) in [5.41, 5.74) is -0.437. The van der Waals surface area contributed by atoms with E-state index in [0.29, 0.717) is 28.9 Å². The summed E-state index contributed by atoms with van der Waals surface area (Å²) in [7, 11) is 1.54. The number of halogens is 1. The molecule has 10 heteroatoms. The number of hydrogen-bond donors (Lipinski definition) is 4. The summed E-state index contributed by atoms with van der Waals surface area (Å²) in [5, 5.41) is 33.0. The fourth-order valence-electron chi connectivity index (χ4n) is 6.13. The van der Waals surface area contributed by atoms with E-state index in [1.165, 1.54) is 30.2 Å². The van der Waals surface area contributed by atoms with Crippen LogP contribution < -0.4 is 4.74 Å². The number of aromatic hydroxyl groups is 1. The van der Waals surface area contributed by atoms with Gasteiger partial charge in [-0.3, -0.25) is 4.79 Å². The second kappa shape index (κ2) is 9.50. The zero-order valence-corrected chi connectivity index (χ0v) is 22.3. The van der Waals surface area contributed by atoms with Gasteiger partial charge >= 0.3 is 11.9 Å². The molecule has 9 nitrogen and oxygen atoms in total. The molecule has 2 aliphatic heterocycles. The lowest BCUT2D eigenvalue weighted by molar-refractivity contribution is -0.153. The minimum absolute atomic E-state index is 0.0692. The number of carboxylic acids is 2. The zero-order valence-electron chi connectivity index (χ0n) is 21.6. The number of aliphatic carboxylic acids is 2. The highest BCUT2D eigenvalue weighted by molar-refractivity contribution is 6.31. The van der Waals surface area contributed by atoms with Gasteiger partial charge in [-0.05, 0) is 66.8 Å². The average molecular weight is 551 g/mol. The topological polar surface area (TPSA) is 140 Å². The summed E-state index contributed by atoms with van der Waals surface area (Å²) < 4.78 is 5.37. The molecule has 39 heavy (non-hydrogen) atoms. The standard InChI is InChI=1S/C29H27ClN2O7/c1-4-16-23(25(34)19-12-14(30)6-9-22(19)33)21(5-2)32-11-10-17-18-13-15(39-3)7-8-20(18)31-26(17)29(32,28(37)38)24(16)27(35)36/h6-9,12-13,31,33H,4-5,10-11H2,1-3H3,(H,35,36)(H,37,38). The maximum absolute atomic E-state index is 14.0. The number of ether oxygens (including phenoxy) is 1. The Kier molecular flexibility index (Phi) is 6.42. The zero-order chi connectivity index (χ0) is 28.2. The highest BCUT2D eigenvalue weighted by Crippen LogP contribution is 2.52. The highest BCUT2D eigenvalue weighted by Gasteiger charge is 2.60. The largest absolute Gasteiger partial charge is 0.507 e. The van der Waals surface area contributed by atoms with Crippen LogP contribution in [-0.2, 0) is 21.5 Å². The SMILES string of the molecule is CCC1=C(C(=O)O)C2(C(=O)O)c3[nH]c4ccc(OC)cc4c3CCN2C(CC)=C1C(=O)c1cc(Cl)ccc1O. The fourth-order valence-corrected chi connectivity index (χ4v) is 6.30. The van der Waals surface area contributed by atoms with Crippen LogP contribution in [-0.4, -0.2) is 56.6 Å². The van der Waals surface area contributed by atoms with E-state index in [1.807, 2.05) is 0 Å². The van der Waals surface area contributed by atoms with Crippen LogP contribution in [0.3, 0.4) is 0 Å². The van der Waals surface area contributed by atoms with E-state index in [4.69, 9.17) is 16.3 Å². The van der Waals surface area contributed by atoms with E-state index in [9.17, 15) is 29.7 Å². The highest BCUT2D eigenvalue weighted by atomic mass is 35.5. The van der Waals surface area contributed by atoms with Gasteiger partial charge in [-0.15, -0.1) is 0 Å². The molecular weight excluding hydrogens is 524 g/mol. The molecule has 3 aromatic rings. The number of phenols is 1. The molecule has 0 amide bonds. The van der Waals surface area contributed by atoms with Gasteiger partial charge in [0, 0.05) is 33.7 Å². The van der Waals surface area contributed by atoms with Gasteiger partial charge in [-0.25, -0.2) is 9.59 Å². The first-order chi connectivity index (χ1) is 18.6. The predicted octanol–water partition coefficient (Wildman–Crippen LogP) is 5.03. The summed E-state index contributed by atoms with van der Waals surface area (Å²) in [5.74, 6) is -3.15. The minimum Gasteiger partial charge on any atom is -0.507 e. The number of phenolic OH excluding ortho intramolecular Hbond substituents is 1. The van der Waals surface area contributed by atoms with E-state index < -0.39 is 28.8 Å². The Bertz CT molecular complexity index is 1630. The van der Waals surface area contributed by atoms with Gasteiger partial charge in [0.2, 0.25) is 5.54 Å². The Labute approximate surface area is 229 Å². The molecule has 2 aliphatic rings. The molecule has 0 saturated heterocycles. The number of nitrogens with one attached hydrogen (secondary N) is 1. The fraction of sp³-hybridized carbons (Fsp3) is 0.276. The van der Waals surface area contributed by atoms with Crippen LogP contribution in [0.4, 0.5) is 0 Å². The second-order valence-electron chi connectivity index (χ2n) is 9.49. The molecule has 2 aromatic carbocycles. The van der Waals surface area contributed by atoms with Crippen molar-refractivity contribution in [1.82, 2.24) is 9.88 Å². The molecule has 202 valence electrons. The minimum atomic E-state index is -2.11. The number of methoxy groups -OCH3 is 1. The summed E-state index contributed by atoms with van der Waals surface area (Å²) in [6, 6.07) is 9.38. The maximum atomic E-state index is 14.0. The third-order valence-electron chi connectivity index (χ3n) is 7.69. The number of hydrogen-bond acceptors (Lipinski definition) is 6. The molecule has 0 saturated carbocycles. The molecular formula is C29H27ClN2O7. The molecule has 0 radical (unpaired) electrons. The molecule has 4 N–H and O–H groups in total. The number of carbonyl (C=O) groups is 3. The van der Waals surface area contributed by atoms with E-state index in [0.717, 1.165) is 5.39 Å². The second-order valence-corrected chi connectivity index (χ2v) is 9.92. The number of nitrogens with zero attached hydrogens (tertiary/aromatic N) is 1. The molecule has 1 atom stereocenters. The third kappa shape index (κ3) is 3.64. The normalized spacial score (nSPS) is 18.7. The first-order valence-corrected chi connectivity index (χ1v) is 12.9. The quantitative estimate of drug-likeness (QED) is 0.300. The van der Waals surface area contributed by atoms with Gasteiger partial charge in [0.15, 0.2) is 5.78 Å². The monoisotopic (exact) mass is 550 g/mol. The van der Waals surface area contributed by atoms with Crippen LogP contribution >= 0.6 is 11.6 Å². The number of fused-ring (bicyclic) bond motifs is 5. The van der Waals surface area contributed by atoms with Crippen LogP contribution in [0, 0.1) is 0 Å². The van der Waals surface area contributed by atoms with Crippen molar-refractivity contribution >= 4 is 40.2 Å². The number of Topliss-reactive ketones (excluding diaryl/α,β-unsaturated/α-hetero) is 1. The number of H-pyrrole nitrogens is 1. The molecule has 0 fully saturated rings. The van der Waals surface area contributed by atoms with Gasteiger partial charge in [-0.1, -0.05) is 25.4 Å². The Morgan fingerprint density at radius 3 is 2.46 bits per heavy atom. The van der Waals surface area contributed by atoms with Crippen molar-refractivity contribution in [2.75, 3.05) is 13.7 Å². The summed E-state index contributed by atoms with van der Waals surface area (Å²) in [6.45, 7) is 3.62. The van der Waals surface area contributed by atoms with Crippen LogP contribution in [0.25, 0.3) is 10.9 Å². The Balaban J connectivity index is 1.88. The smallest absolute Gasteiger partial charge is 0.340 e. The lowest BCUT2D eigenvalue weighted by atomic mass is 9.70. The van der Waals surface area contributed by atoms with E-state index in [1.54, 1.807) is 32.0 Å². The summed E-state index contributed by atoms with van der Waals surface area (Å²) >= 11 is 6.12. The lowest BCUT2D eigenvalue weighted by Gasteiger charge is -2.50. The number of carboxylic acid groups (broad SMARTS) is 2. The summed E-state index contributed by atoms with van der Waals surface area (Å²) in [4.78, 5) is 45.2. The molecule has 1 unspecified atom stereocenters. The number of benzene rings is 2. The van der Waals surface area contributed by atoms with Crippen LogP contribution in [0.5, 0.6) is 11.5 Å². The molecule has 0 aliphatic carbocycles. The van der Waals surface area contributed by atoms with Crippen LogP contribution in [0.1, 0.15) is 48.3 Å². The number of allylic oxidation sites excluding steroid dienone is 3. The summed E-state index contributed by atoms with van der Waals surface area (Å²) in [6.07, 6.45) is 0.719. The number of aromatic nitrogens is 1. The lowest BCUT2D eigenvalue weighted by Crippen LogP contribution is -2.60. The van der Waals surface area contributed by atoms with Crippen molar-refractivity contribution < 1.29 is 34.4 Å². The van der Waals surface area contributed by atoms with Crippen LogP contribution in [0.2, 0.25) is 5.02 Å². The van der Waals surface area contributed by atoms with Crippen molar-refractivity contribution in [1.29, 1.82) is 0 Å². The number of rotatable bonds is 7. The van der Waals surface area contributed by atoms with Crippen molar-refractivity contribution in [3.63, 3.8) is 0 Å². The first-order valence-electron chi connectivity index (χ1n) is 12.5. The molecule has 0 spiro atoms. The Hall–Kier alpha value is -4.24. The first kappa shape index (κ1) is 26.4. The van der Waals surface area contributed by atoms with Gasteiger partial charge in [0.05, 0.1) is 23.9 Å². The molecule has 1 aromatic heterocycles.